The Morgan fingerprint density at radius 2 is 1.54 bits per heavy atom. The van der Waals surface area contributed by atoms with E-state index in [9.17, 15) is 0 Å². The number of rotatable bonds is 7. The fourth-order valence-electron chi connectivity index (χ4n) is 3.90. The number of benzene rings is 2. The average Bonchev–Trinajstić information content (AvgIpc) is 2.66. The van der Waals surface area contributed by atoms with E-state index in [2.05, 4.69) is 65.6 Å². The highest BCUT2D eigenvalue weighted by atomic mass is 16.2. The Balaban J connectivity index is 1.69. The van der Waals surface area contributed by atoms with Crippen molar-refractivity contribution in [3.8, 4) is 0 Å². The fraction of sp³-hybridized carbons (Fsp3) is 0.455. The van der Waals surface area contributed by atoms with Crippen molar-refractivity contribution in [3.63, 3.8) is 0 Å². The first kappa shape index (κ1) is 17.2. The molecule has 3 rings (SSSR count). The third kappa shape index (κ3) is 4.68. The minimum Gasteiger partial charge on any atom is -0.396 e. The quantitative estimate of drug-likeness (QED) is 0.813. The Kier molecular flexibility index (Phi) is 6.45. The molecule has 0 saturated carbocycles. The standard InChI is InChI=1S/C22H29NO/c24-17-7-10-19-13-15-23(16-14-19)22(21-11-5-2-6-12-21)18-20-8-3-1-4-9-20/h1-6,8-9,11-12,19,22,24H,7,10,13-18H2/t22-/m0/s1. The van der Waals surface area contributed by atoms with Gasteiger partial charge >= 0.3 is 0 Å². The summed E-state index contributed by atoms with van der Waals surface area (Å²) in [5.74, 6) is 0.793. The number of aliphatic hydroxyl groups is 1. The zero-order chi connectivity index (χ0) is 16.6. The molecule has 1 N–H and O–H groups in total. The van der Waals surface area contributed by atoms with Gasteiger partial charge in [0.15, 0.2) is 0 Å². The molecule has 0 aliphatic carbocycles. The normalized spacial score (nSPS) is 17.7. The van der Waals surface area contributed by atoms with Gasteiger partial charge < -0.3 is 5.11 Å². The van der Waals surface area contributed by atoms with Crippen LogP contribution in [0.3, 0.4) is 0 Å². The van der Waals surface area contributed by atoms with Crippen molar-refractivity contribution < 1.29 is 5.11 Å². The Morgan fingerprint density at radius 3 is 2.17 bits per heavy atom. The molecule has 0 spiro atoms. The van der Waals surface area contributed by atoms with Crippen LogP contribution in [0.15, 0.2) is 60.7 Å². The van der Waals surface area contributed by atoms with Crippen LogP contribution in [-0.2, 0) is 6.42 Å². The summed E-state index contributed by atoms with van der Waals surface area (Å²) in [4.78, 5) is 2.66. The Labute approximate surface area is 146 Å². The maximum Gasteiger partial charge on any atom is 0.0431 e. The van der Waals surface area contributed by atoms with E-state index in [0.29, 0.717) is 12.6 Å². The lowest BCUT2D eigenvalue weighted by Crippen LogP contribution is -2.37. The van der Waals surface area contributed by atoms with Gasteiger partial charge in [0.2, 0.25) is 0 Å². The SMILES string of the molecule is OCCCC1CCN([C@@H](Cc2ccccc2)c2ccccc2)CC1. The summed E-state index contributed by atoms with van der Waals surface area (Å²) in [5, 5.41) is 9.04. The molecule has 0 radical (unpaired) electrons. The number of aliphatic hydroxyl groups excluding tert-OH is 1. The average molecular weight is 323 g/mol. The summed E-state index contributed by atoms with van der Waals surface area (Å²) in [6.07, 6.45) is 5.73. The molecule has 1 heterocycles. The number of hydrogen-bond acceptors (Lipinski definition) is 2. The molecule has 1 aliphatic heterocycles. The Bertz CT molecular complexity index is 575. The van der Waals surface area contributed by atoms with E-state index in [1.165, 1.54) is 43.5 Å². The molecule has 1 atom stereocenters. The van der Waals surface area contributed by atoms with E-state index in [0.717, 1.165) is 18.8 Å². The van der Waals surface area contributed by atoms with Crippen LogP contribution in [0, 0.1) is 5.92 Å². The van der Waals surface area contributed by atoms with Crippen LogP contribution in [0.4, 0.5) is 0 Å². The molecule has 24 heavy (non-hydrogen) atoms. The topological polar surface area (TPSA) is 23.5 Å². The van der Waals surface area contributed by atoms with Crippen molar-refractivity contribution in [1.29, 1.82) is 0 Å². The van der Waals surface area contributed by atoms with Crippen molar-refractivity contribution in [1.82, 2.24) is 4.90 Å². The van der Waals surface area contributed by atoms with Gasteiger partial charge in [-0.2, -0.15) is 0 Å². The minimum absolute atomic E-state index is 0.334. The van der Waals surface area contributed by atoms with Crippen molar-refractivity contribution in [2.75, 3.05) is 19.7 Å². The monoisotopic (exact) mass is 323 g/mol. The van der Waals surface area contributed by atoms with E-state index in [-0.39, 0.29) is 0 Å². The van der Waals surface area contributed by atoms with E-state index in [1.54, 1.807) is 0 Å². The van der Waals surface area contributed by atoms with Gasteiger partial charge in [0.1, 0.15) is 0 Å². The van der Waals surface area contributed by atoms with Gasteiger partial charge in [-0.05, 0) is 62.2 Å². The van der Waals surface area contributed by atoms with Crippen LogP contribution in [0.1, 0.15) is 42.9 Å². The molecule has 2 aromatic rings. The zero-order valence-electron chi connectivity index (χ0n) is 14.5. The molecule has 2 heteroatoms. The van der Waals surface area contributed by atoms with Crippen LogP contribution in [0.2, 0.25) is 0 Å². The van der Waals surface area contributed by atoms with E-state index >= 15 is 0 Å². The molecule has 0 amide bonds. The molecule has 1 saturated heterocycles. The van der Waals surface area contributed by atoms with Gasteiger partial charge in [-0.3, -0.25) is 4.90 Å². The van der Waals surface area contributed by atoms with Gasteiger partial charge in [0.25, 0.3) is 0 Å². The van der Waals surface area contributed by atoms with E-state index in [1.807, 2.05) is 0 Å². The predicted octanol–water partition coefficient (Wildman–Crippen LogP) is 4.45. The Morgan fingerprint density at radius 1 is 0.917 bits per heavy atom. The zero-order valence-corrected chi connectivity index (χ0v) is 14.5. The highest BCUT2D eigenvalue weighted by molar-refractivity contribution is 5.24. The third-order valence-electron chi connectivity index (χ3n) is 5.32. The van der Waals surface area contributed by atoms with Gasteiger partial charge in [0.05, 0.1) is 0 Å². The summed E-state index contributed by atoms with van der Waals surface area (Å²) >= 11 is 0. The number of hydrogen-bond donors (Lipinski definition) is 1. The molecule has 128 valence electrons. The minimum atomic E-state index is 0.334. The molecule has 1 fully saturated rings. The maximum atomic E-state index is 9.04. The fourth-order valence-corrected chi connectivity index (χ4v) is 3.90. The van der Waals surface area contributed by atoms with Gasteiger partial charge in [-0.1, -0.05) is 60.7 Å². The van der Waals surface area contributed by atoms with Crippen molar-refractivity contribution in [2.45, 2.75) is 38.1 Å². The number of piperidine rings is 1. The first-order chi connectivity index (χ1) is 11.9. The molecule has 2 nitrogen and oxygen atoms in total. The summed E-state index contributed by atoms with van der Waals surface area (Å²) in [5.41, 5.74) is 2.84. The first-order valence-electron chi connectivity index (χ1n) is 9.30. The van der Waals surface area contributed by atoms with Crippen LogP contribution < -0.4 is 0 Å². The molecule has 1 aliphatic rings. The van der Waals surface area contributed by atoms with Crippen LogP contribution in [0.5, 0.6) is 0 Å². The molecular formula is C22H29NO. The highest BCUT2D eigenvalue weighted by Crippen LogP contribution is 2.31. The molecule has 0 unspecified atom stereocenters. The number of likely N-dealkylation sites (tertiary alicyclic amines) is 1. The largest absolute Gasteiger partial charge is 0.396 e. The molecule has 0 aromatic heterocycles. The second-order valence-electron chi connectivity index (χ2n) is 6.96. The predicted molar refractivity (Wildman–Crippen MR) is 99.9 cm³/mol. The van der Waals surface area contributed by atoms with Crippen LogP contribution in [-0.4, -0.2) is 29.7 Å². The second-order valence-corrected chi connectivity index (χ2v) is 6.96. The second kappa shape index (κ2) is 9.00. The third-order valence-corrected chi connectivity index (χ3v) is 5.32. The van der Waals surface area contributed by atoms with Gasteiger partial charge in [-0.25, -0.2) is 0 Å². The molecule has 2 aromatic carbocycles. The summed E-state index contributed by atoms with van der Waals surface area (Å²) in [6, 6.07) is 22.3. The van der Waals surface area contributed by atoms with E-state index < -0.39 is 0 Å². The summed E-state index contributed by atoms with van der Waals surface area (Å²) in [6.45, 7) is 2.67. The number of nitrogens with zero attached hydrogens (tertiary/aromatic N) is 1. The van der Waals surface area contributed by atoms with Crippen molar-refractivity contribution in [3.05, 3.63) is 71.8 Å². The van der Waals surface area contributed by atoms with Gasteiger partial charge in [-0.15, -0.1) is 0 Å². The first-order valence-corrected chi connectivity index (χ1v) is 9.30. The lowest BCUT2D eigenvalue weighted by atomic mass is 9.89. The van der Waals surface area contributed by atoms with Crippen LogP contribution >= 0.6 is 0 Å². The lowest BCUT2D eigenvalue weighted by Gasteiger charge is -2.38. The molecular weight excluding hydrogens is 294 g/mol. The Hall–Kier alpha value is -1.64. The summed E-state index contributed by atoms with van der Waals surface area (Å²) < 4.78 is 0. The smallest absolute Gasteiger partial charge is 0.0431 e. The maximum absolute atomic E-state index is 9.04. The van der Waals surface area contributed by atoms with Crippen molar-refractivity contribution >= 4 is 0 Å². The van der Waals surface area contributed by atoms with Gasteiger partial charge in [0, 0.05) is 12.6 Å². The summed E-state index contributed by atoms with van der Waals surface area (Å²) in [7, 11) is 0. The highest BCUT2D eigenvalue weighted by Gasteiger charge is 2.26. The van der Waals surface area contributed by atoms with Crippen molar-refractivity contribution in [2.24, 2.45) is 5.92 Å². The molecule has 0 bridgehead atoms. The van der Waals surface area contributed by atoms with E-state index in [4.69, 9.17) is 5.11 Å². The van der Waals surface area contributed by atoms with Crippen LogP contribution in [0.25, 0.3) is 0 Å². The lowest BCUT2D eigenvalue weighted by molar-refractivity contribution is 0.124.